The Labute approximate surface area is 104 Å². The number of aromatic carboxylic acids is 1. The molecule has 0 saturated carbocycles. The molecule has 1 heterocycles. The molecule has 0 radical (unpaired) electrons. The summed E-state index contributed by atoms with van der Waals surface area (Å²) in [6.07, 6.45) is 2.20. The highest BCUT2D eigenvalue weighted by Gasteiger charge is 2.12. The van der Waals surface area contributed by atoms with Crippen molar-refractivity contribution in [3.05, 3.63) is 23.7 Å². The molecule has 0 aliphatic heterocycles. The smallest absolute Gasteiger partial charge is 0.372 e. The quantitative estimate of drug-likeness (QED) is 0.578. The lowest BCUT2D eigenvalue weighted by molar-refractivity contribution is 0.0660. The normalized spacial score (nSPS) is 10.6. The standard InChI is InChI=1S/C11H17NO4S/c13-4-1-6-17-7-3-12-8-9-2-5-16-10(9)11(14)15/h2,5,12-13H,1,3-4,6-8H2,(H,14,15). The van der Waals surface area contributed by atoms with Crippen LogP contribution < -0.4 is 5.32 Å². The molecule has 0 fully saturated rings. The van der Waals surface area contributed by atoms with Crippen LogP contribution in [0.3, 0.4) is 0 Å². The molecule has 1 rings (SSSR count). The van der Waals surface area contributed by atoms with Gasteiger partial charge >= 0.3 is 5.97 Å². The fourth-order valence-electron chi connectivity index (χ4n) is 1.30. The van der Waals surface area contributed by atoms with Crippen molar-refractivity contribution in [2.75, 3.05) is 24.7 Å². The van der Waals surface area contributed by atoms with E-state index in [0.29, 0.717) is 12.1 Å². The number of carboxylic acids is 1. The number of rotatable bonds is 9. The number of hydrogen-bond acceptors (Lipinski definition) is 5. The van der Waals surface area contributed by atoms with Crippen molar-refractivity contribution >= 4 is 17.7 Å². The van der Waals surface area contributed by atoms with Crippen LogP contribution in [0.4, 0.5) is 0 Å². The minimum atomic E-state index is -1.04. The Hall–Kier alpha value is -0.980. The lowest BCUT2D eigenvalue weighted by Gasteiger charge is -2.03. The van der Waals surface area contributed by atoms with Crippen molar-refractivity contribution in [1.29, 1.82) is 0 Å². The van der Waals surface area contributed by atoms with Gasteiger partial charge in [-0.1, -0.05) is 0 Å². The average Bonchev–Trinajstić information content (AvgIpc) is 2.76. The van der Waals surface area contributed by atoms with Crippen molar-refractivity contribution in [2.45, 2.75) is 13.0 Å². The topological polar surface area (TPSA) is 82.7 Å². The SMILES string of the molecule is O=C(O)c1occc1CNCCSCCCO. The third-order valence-corrected chi connectivity index (χ3v) is 3.20. The van der Waals surface area contributed by atoms with Crippen LogP contribution in [-0.4, -0.2) is 40.8 Å². The van der Waals surface area contributed by atoms with Crippen molar-refractivity contribution in [2.24, 2.45) is 0 Å². The minimum absolute atomic E-state index is 0.00503. The summed E-state index contributed by atoms with van der Waals surface area (Å²) in [4.78, 5) is 10.7. The maximum absolute atomic E-state index is 10.7. The first-order chi connectivity index (χ1) is 8.25. The molecule has 17 heavy (non-hydrogen) atoms. The number of carbonyl (C=O) groups is 1. The Kier molecular flexibility index (Phi) is 6.76. The van der Waals surface area contributed by atoms with Crippen molar-refractivity contribution in [3.63, 3.8) is 0 Å². The van der Waals surface area contributed by atoms with E-state index in [4.69, 9.17) is 14.6 Å². The lowest BCUT2D eigenvalue weighted by atomic mass is 10.2. The average molecular weight is 259 g/mol. The van der Waals surface area contributed by atoms with E-state index in [1.165, 1.54) is 6.26 Å². The molecule has 0 spiro atoms. The summed E-state index contributed by atoms with van der Waals surface area (Å²) in [6.45, 7) is 1.54. The molecule has 0 unspecified atom stereocenters. The summed E-state index contributed by atoms with van der Waals surface area (Å²) in [5.41, 5.74) is 0.665. The Morgan fingerprint density at radius 1 is 1.47 bits per heavy atom. The van der Waals surface area contributed by atoms with Crippen LogP contribution in [0.25, 0.3) is 0 Å². The van der Waals surface area contributed by atoms with Gasteiger partial charge in [-0.25, -0.2) is 4.79 Å². The maximum Gasteiger partial charge on any atom is 0.372 e. The van der Waals surface area contributed by atoms with Crippen molar-refractivity contribution in [1.82, 2.24) is 5.32 Å². The van der Waals surface area contributed by atoms with Gasteiger partial charge in [-0.2, -0.15) is 11.8 Å². The van der Waals surface area contributed by atoms with E-state index in [0.717, 1.165) is 24.5 Å². The fraction of sp³-hybridized carbons (Fsp3) is 0.545. The summed E-state index contributed by atoms with van der Waals surface area (Å²) in [5.74, 6) is 0.861. The summed E-state index contributed by atoms with van der Waals surface area (Å²) in [6, 6.07) is 1.66. The molecule has 6 heteroatoms. The van der Waals surface area contributed by atoms with Gasteiger partial charge in [0.05, 0.1) is 6.26 Å². The highest BCUT2D eigenvalue weighted by atomic mass is 32.2. The molecule has 1 aromatic rings. The van der Waals surface area contributed by atoms with Gasteiger partial charge in [0.2, 0.25) is 5.76 Å². The third-order valence-electron chi connectivity index (χ3n) is 2.13. The number of aliphatic hydroxyl groups excluding tert-OH is 1. The molecule has 3 N–H and O–H groups in total. The fourth-order valence-corrected chi connectivity index (χ4v) is 2.12. The van der Waals surface area contributed by atoms with Gasteiger partial charge in [-0.15, -0.1) is 0 Å². The highest BCUT2D eigenvalue weighted by molar-refractivity contribution is 7.99. The lowest BCUT2D eigenvalue weighted by Crippen LogP contribution is -2.17. The molecule has 0 saturated heterocycles. The Morgan fingerprint density at radius 2 is 2.29 bits per heavy atom. The van der Waals surface area contributed by atoms with E-state index in [2.05, 4.69) is 5.32 Å². The molecule has 96 valence electrons. The zero-order chi connectivity index (χ0) is 12.5. The van der Waals surface area contributed by atoms with Gasteiger partial charge in [0, 0.05) is 31.0 Å². The van der Waals surface area contributed by atoms with E-state index in [-0.39, 0.29) is 12.4 Å². The Bertz CT molecular complexity index is 340. The van der Waals surface area contributed by atoms with Gasteiger partial charge in [0.25, 0.3) is 0 Å². The zero-order valence-corrected chi connectivity index (χ0v) is 10.3. The molecular formula is C11H17NO4S. The van der Waals surface area contributed by atoms with Gasteiger partial charge in [-0.05, 0) is 18.2 Å². The van der Waals surface area contributed by atoms with Crippen LogP contribution >= 0.6 is 11.8 Å². The van der Waals surface area contributed by atoms with Crippen LogP contribution in [0.1, 0.15) is 22.5 Å². The van der Waals surface area contributed by atoms with E-state index < -0.39 is 5.97 Å². The maximum atomic E-state index is 10.7. The number of nitrogens with one attached hydrogen (secondary N) is 1. The van der Waals surface area contributed by atoms with E-state index in [1.54, 1.807) is 17.8 Å². The second-order valence-corrected chi connectivity index (χ2v) is 4.67. The molecule has 0 bridgehead atoms. The Balaban J connectivity index is 2.14. The van der Waals surface area contributed by atoms with Crippen LogP contribution in [0, 0.1) is 0 Å². The molecule has 0 aromatic carbocycles. The number of carboxylic acid groups (broad SMARTS) is 1. The summed E-state index contributed by atoms with van der Waals surface area (Å²) in [5, 5.41) is 20.5. The number of thioether (sulfide) groups is 1. The summed E-state index contributed by atoms with van der Waals surface area (Å²) >= 11 is 1.76. The number of furan rings is 1. The predicted octanol–water partition coefficient (Wildman–Crippen LogP) is 1.18. The number of aliphatic hydroxyl groups is 1. The Morgan fingerprint density at radius 3 is 3.00 bits per heavy atom. The molecule has 0 aliphatic carbocycles. The largest absolute Gasteiger partial charge is 0.475 e. The first-order valence-electron chi connectivity index (χ1n) is 5.44. The monoisotopic (exact) mass is 259 g/mol. The van der Waals surface area contributed by atoms with Crippen LogP contribution in [0.15, 0.2) is 16.7 Å². The second-order valence-electron chi connectivity index (χ2n) is 3.45. The van der Waals surface area contributed by atoms with Gasteiger partial charge < -0.3 is 19.9 Å². The van der Waals surface area contributed by atoms with Gasteiger partial charge in [0.15, 0.2) is 0 Å². The van der Waals surface area contributed by atoms with E-state index in [9.17, 15) is 4.79 Å². The molecule has 5 nitrogen and oxygen atoms in total. The van der Waals surface area contributed by atoms with Gasteiger partial charge in [0.1, 0.15) is 0 Å². The number of hydrogen-bond donors (Lipinski definition) is 3. The van der Waals surface area contributed by atoms with E-state index in [1.807, 2.05) is 0 Å². The first kappa shape index (κ1) is 14.1. The summed E-state index contributed by atoms with van der Waals surface area (Å²) in [7, 11) is 0. The minimum Gasteiger partial charge on any atom is -0.475 e. The molecule has 0 atom stereocenters. The molecule has 0 amide bonds. The van der Waals surface area contributed by atoms with Crippen LogP contribution in [0.2, 0.25) is 0 Å². The third kappa shape index (κ3) is 5.25. The molecule has 1 aromatic heterocycles. The highest BCUT2D eigenvalue weighted by Crippen LogP contribution is 2.10. The summed E-state index contributed by atoms with van der Waals surface area (Å²) < 4.78 is 4.86. The first-order valence-corrected chi connectivity index (χ1v) is 6.60. The van der Waals surface area contributed by atoms with Crippen molar-refractivity contribution < 1.29 is 19.4 Å². The predicted molar refractivity (Wildman–Crippen MR) is 66.4 cm³/mol. The van der Waals surface area contributed by atoms with Gasteiger partial charge in [-0.3, -0.25) is 0 Å². The second kappa shape index (κ2) is 8.16. The molecule has 0 aliphatic rings. The van der Waals surface area contributed by atoms with E-state index >= 15 is 0 Å². The molecular weight excluding hydrogens is 242 g/mol. The van der Waals surface area contributed by atoms with Crippen LogP contribution in [-0.2, 0) is 6.54 Å². The zero-order valence-electron chi connectivity index (χ0n) is 9.52. The van der Waals surface area contributed by atoms with Crippen LogP contribution in [0.5, 0.6) is 0 Å². The van der Waals surface area contributed by atoms with Crippen molar-refractivity contribution in [3.8, 4) is 0 Å².